The fourth-order valence-corrected chi connectivity index (χ4v) is 2.98. The van der Waals surface area contributed by atoms with E-state index in [1.54, 1.807) is 4.57 Å². The average Bonchev–Trinajstić information content (AvgIpc) is 2.63. The SMILES string of the molecule is COC(=O)c1cn(C(C)c2ccccc2)c2cc(F)c(Cl)cc2c1=O. The van der Waals surface area contributed by atoms with E-state index in [-0.39, 0.29) is 22.0 Å². The van der Waals surface area contributed by atoms with E-state index in [9.17, 15) is 14.0 Å². The number of carbonyl (C=O) groups is 1. The van der Waals surface area contributed by atoms with Gasteiger partial charge in [0.05, 0.1) is 23.7 Å². The molecule has 0 N–H and O–H groups in total. The lowest BCUT2D eigenvalue weighted by Gasteiger charge is -2.20. The standard InChI is InChI=1S/C19H15ClFNO3/c1-11(12-6-4-3-5-7-12)22-10-14(19(24)25-2)18(23)13-8-15(20)16(21)9-17(13)22/h3-11H,1-2H3. The first kappa shape index (κ1) is 17.2. The van der Waals surface area contributed by atoms with E-state index >= 15 is 0 Å². The van der Waals surface area contributed by atoms with Crippen molar-refractivity contribution in [1.29, 1.82) is 0 Å². The van der Waals surface area contributed by atoms with Crippen molar-refractivity contribution in [3.8, 4) is 0 Å². The van der Waals surface area contributed by atoms with Gasteiger partial charge < -0.3 is 9.30 Å². The van der Waals surface area contributed by atoms with Crippen LogP contribution in [-0.2, 0) is 4.74 Å². The Hall–Kier alpha value is -2.66. The molecule has 0 fully saturated rings. The molecule has 0 aliphatic heterocycles. The second-order valence-corrected chi connectivity index (χ2v) is 6.05. The van der Waals surface area contributed by atoms with Crippen LogP contribution in [0.25, 0.3) is 10.9 Å². The monoisotopic (exact) mass is 359 g/mol. The first-order valence-corrected chi connectivity index (χ1v) is 7.99. The van der Waals surface area contributed by atoms with Crippen LogP contribution in [0.1, 0.15) is 28.9 Å². The van der Waals surface area contributed by atoms with Gasteiger partial charge in [-0.1, -0.05) is 41.9 Å². The fourth-order valence-electron chi connectivity index (χ4n) is 2.81. The van der Waals surface area contributed by atoms with E-state index in [0.717, 1.165) is 5.56 Å². The smallest absolute Gasteiger partial charge is 0.343 e. The minimum Gasteiger partial charge on any atom is -0.465 e. The average molecular weight is 360 g/mol. The number of aromatic nitrogens is 1. The van der Waals surface area contributed by atoms with Crippen molar-refractivity contribution in [2.75, 3.05) is 7.11 Å². The molecule has 1 heterocycles. The van der Waals surface area contributed by atoms with Crippen molar-refractivity contribution >= 4 is 28.5 Å². The van der Waals surface area contributed by atoms with Gasteiger partial charge in [0.1, 0.15) is 11.4 Å². The van der Waals surface area contributed by atoms with E-state index in [0.29, 0.717) is 5.52 Å². The van der Waals surface area contributed by atoms with Crippen LogP contribution in [0.5, 0.6) is 0 Å². The molecule has 3 aromatic rings. The maximum atomic E-state index is 14.0. The van der Waals surface area contributed by atoms with Crippen molar-refractivity contribution in [3.63, 3.8) is 0 Å². The number of benzene rings is 2. The summed E-state index contributed by atoms with van der Waals surface area (Å²) >= 11 is 5.84. The van der Waals surface area contributed by atoms with E-state index in [1.807, 2.05) is 37.3 Å². The Labute approximate surface area is 148 Å². The first-order chi connectivity index (χ1) is 11.9. The molecule has 0 radical (unpaired) electrons. The molecular formula is C19H15ClFNO3. The Morgan fingerprint density at radius 3 is 2.56 bits per heavy atom. The highest BCUT2D eigenvalue weighted by atomic mass is 35.5. The highest BCUT2D eigenvalue weighted by Crippen LogP contribution is 2.26. The molecule has 0 aliphatic carbocycles. The summed E-state index contributed by atoms with van der Waals surface area (Å²) in [5.41, 5.74) is 0.634. The number of rotatable bonds is 3. The number of methoxy groups -OCH3 is 1. The van der Waals surface area contributed by atoms with Gasteiger partial charge in [0, 0.05) is 11.6 Å². The van der Waals surface area contributed by atoms with Crippen molar-refractivity contribution < 1.29 is 13.9 Å². The Balaban J connectivity index is 2.36. The largest absolute Gasteiger partial charge is 0.465 e. The number of pyridine rings is 1. The zero-order valence-electron chi connectivity index (χ0n) is 13.6. The summed E-state index contributed by atoms with van der Waals surface area (Å²) in [6, 6.07) is 11.7. The third-order valence-corrected chi connectivity index (χ3v) is 4.47. The van der Waals surface area contributed by atoms with Gasteiger partial charge in [0.25, 0.3) is 0 Å². The topological polar surface area (TPSA) is 48.3 Å². The zero-order chi connectivity index (χ0) is 18.1. The van der Waals surface area contributed by atoms with Gasteiger partial charge in [0.15, 0.2) is 0 Å². The molecule has 0 saturated heterocycles. The Bertz CT molecular complexity index is 1010. The summed E-state index contributed by atoms with van der Waals surface area (Å²) in [4.78, 5) is 24.6. The third-order valence-electron chi connectivity index (χ3n) is 4.18. The maximum absolute atomic E-state index is 14.0. The van der Waals surface area contributed by atoms with Crippen LogP contribution in [0.3, 0.4) is 0 Å². The molecule has 6 heteroatoms. The van der Waals surface area contributed by atoms with Crippen LogP contribution < -0.4 is 5.43 Å². The maximum Gasteiger partial charge on any atom is 0.343 e. The van der Waals surface area contributed by atoms with E-state index in [4.69, 9.17) is 16.3 Å². The fraction of sp³-hybridized carbons (Fsp3) is 0.158. The Kier molecular flexibility index (Phi) is 4.59. The van der Waals surface area contributed by atoms with Crippen molar-refractivity contribution in [2.24, 2.45) is 0 Å². The van der Waals surface area contributed by atoms with Gasteiger partial charge in [0.2, 0.25) is 5.43 Å². The molecule has 0 amide bonds. The molecule has 1 aromatic heterocycles. The van der Waals surface area contributed by atoms with E-state index in [1.165, 1.54) is 25.4 Å². The quantitative estimate of drug-likeness (QED) is 0.659. The molecular weight excluding hydrogens is 345 g/mol. The molecule has 1 atom stereocenters. The molecule has 4 nitrogen and oxygen atoms in total. The molecule has 1 unspecified atom stereocenters. The predicted molar refractivity (Wildman–Crippen MR) is 94.8 cm³/mol. The van der Waals surface area contributed by atoms with Gasteiger partial charge in [-0.3, -0.25) is 4.79 Å². The minimum absolute atomic E-state index is 0.125. The number of ether oxygens (including phenoxy) is 1. The van der Waals surface area contributed by atoms with Gasteiger partial charge in [-0.25, -0.2) is 9.18 Å². The second-order valence-electron chi connectivity index (χ2n) is 5.64. The van der Waals surface area contributed by atoms with Crippen molar-refractivity contribution in [2.45, 2.75) is 13.0 Å². The Morgan fingerprint density at radius 1 is 1.24 bits per heavy atom. The van der Waals surface area contributed by atoms with Gasteiger partial charge in [-0.15, -0.1) is 0 Å². The van der Waals surface area contributed by atoms with Crippen LogP contribution in [0, 0.1) is 5.82 Å². The van der Waals surface area contributed by atoms with Gasteiger partial charge >= 0.3 is 5.97 Å². The molecule has 2 aromatic carbocycles. The Morgan fingerprint density at radius 2 is 1.92 bits per heavy atom. The molecule has 0 bridgehead atoms. The number of hydrogen-bond donors (Lipinski definition) is 0. The van der Waals surface area contributed by atoms with Gasteiger partial charge in [-0.2, -0.15) is 0 Å². The highest BCUT2D eigenvalue weighted by molar-refractivity contribution is 6.31. The van der Waals surface area contributed by atoms with E-state index < -0.39 is 17.2 Å². The second kappa shape index (κ2) is 6.69. The molecule has 3 rings (SSSR count). The lowest BCUT2D eigenvalue weighted by molar-refractivity contribution is 0.0598. The normalized spacial score (nSPS) is 12.2. The van der Waals surface area contributed by atoms with Crippen LogP contribution >= 0.6 is 11.6 Å². The van der Waals surface area contributed by atoms with Crippen molar-refractivity contribution in [1.82, 2.24) is 4.57 Å². The molecule has 0 saturated carbocycles. The van der Waals surface area contributed by atoms with Crippen LogP contribution in [-0.4, -0.2) is 17.6 Å². The molecule has 128 valence electrons. The van der Waals surface area contributed by atoms with Crippen LogP contribution in [0.2, 0.25) is 5.02 Å². The first-order valence-electron chi connectivity index (χ1n) is 7.61. The summed E-state index contributed by atoms with van der Waals surface area (Å²) in [7, 11) is 1.20. The molecule has 0 spiro atoms. The number of esters is 1. The van der Waals surface area contributed by atoms with Crippen LogP contribution in [0.15, 0.2) is 53.5 Å². The molecule has 25 heavy (non-hydrogen) atoms. The molecule has 0 aliphatic rings. The highest BCUT2D eigenvalue weighted by Gasteiger charge is 2.20. The summed E-state index contributed by atoms with van der Waals surface area (Å²) in [5, 5.41) is -0.0115. The summed E-state index contributed by atoms with van der Waals surface area (Å²) in [6.07, 6.45) is 1.40. The van der Waals surface area contributed by atoms with E-state index in [2.05, 4.69) is 0 Å². The summed E-state index contributed by atoms with van der Waals surface area (Å²) in [5.74, 6) is -1.38. The zero-order valence-corrected chi connectivity index (χ0v) is 14.4. The van der Waals surface area contributed by atoms with Crippen LogP contribution in [0.4, 0.5) is 4.39 Å². The van der Waals surface area contributed by atoms with Gasteiger partial charge in [-0.05, 0) is 24.6 Å². The number of fused-ring (bicyclic) bond motifs is 1. The third kappa shape index (κ3) is 3.03. The number of nitrogens with zero attached hydrogens (tertiary/aromatic N) is 1. The predicted octanol–water partition coefficient (Wildman–Crippen LogP) is 4.19. The number of hydrogen-bond acceptors (Lipinski definition) is 3. The lowest BCUT2D eigenvalue weighted by Crippen LogP contribution is -2.22. The van der Waals surface area contributed by atoms with Crippen molar-refractivity contribution in [3.05, 3.63) is 80.9 Å². The summed E-state index contributed by atoms with van der Waals surface area (Å²) in [6.45, 7) is 1.90. The lowest BCUT2D eigenvalue weighted by atomic mass is 10.1. The summed E-state index contributed by atoms with van der Waals surface area (Å²) < 4.78 is 20.4. The minimum atomic E-state index is -0.749. The number of carbonyl (C=O) groups excluding carboxylic acids is 1. The number of halogens is 2.